The zero-order chi connectivity index (χ0) is 17.3. The van der Waals surface area contributed by atoms with Gasteiger partial charge in [-0.2, -0.15) is 0 Å². The van der Waals surface area contributed by atoms with Crippen molar-refractivity contribution in [3.8, 4) is 0 Å². The topological polar surface area (TPSA) is 65.1 Å². The number of benzene rings is 2. The summed E-state index contributed by atoms with van der Waals surface area (Å²) in [5.74, 6) is -4.90. The molecular formula is C17H13F3N2O2. The van der Waals surface area contributed by atoms with Crippen LogP contribution < -0.4 is 5.32 Å². The van der Waals surface area contributed by atoms with Crippen molar-refractivity contribution in [2.45, 2.75) is 6.04 Å². The zero-order valence-electron chi connectivity index (χ0n) is 12.3. The standard InChI is InChI=1S/C17H13F3N2O2/c18-12-5-11(6-13(19)16(12)20)15(8-23)22-17(24)10-2-1-9-3-4-21-14(9)7-10/h1-7,15,21,23H,8H2,(H,22,24). The smallest absolute Gasteiger partial charge is 0.251 e. The lowest BCUT2D eigenvalue weighted by atomic mass is 10.1. The summed E-state index contributed by atoms with van der Waals surface area (Å²) in [4.78, 5) is 15.3. The third-order valence-corrected chi connectivity index (χ3v) is 3.71. The molecule has 1 unspecified atom stereocenters. The Balaban J connectivity index is 1.85. The fourth-order valence-electron chi connectivity index (χ4n) is 2.44. The van der Waals surface area contributed by atoms with Crippen molar-refractivity contribution < 1.29 is 23.1 Å². The molecule has 3 aromatic rings. The molecule has 24 heavy (non-hydrogen) atoms. The van der Waals surface area contributed by atoms with Gasteiger partial charge >= 0.3 is 0 Å². The van der Waals surface area contributed by atoms with E-state index >= 15 is 0 Å². The van der Waals surface area contributed by atoms with Gasteiger partial charge in [0.05, 0.1) is 12.6 Å². The van der Waals surface area contributed by atoms with Gasteiger partial charge < -0.3 is 15.4 Å². The summed E-state index contributed by atoms with van der Waals surface area (Å²) in [7, 11) is 0. The molecular weight excluding hydrogens is 321 g/mol. The van der Waals surface area contributed by atoms with Gasteiger partial charge in [0.2, 0.25) is 0 Å². The first-order chi connectivity index (χ1) is 11.5. The van der Waals surface area contributed by atoms with Crippen LogP contribution in [0.1, 0.15) is 22.0 Å². The van der Waals surface area contributed by atoms with Crippen LogP contribution in [0.3, 0.4) is 0 Å². The number of aromatic nitrogens is 1. The van der Waals surface area contributed by atoms with Gasteiger partial charge in [0, 0.05) is 17.3 Å². The van der Waals surface area contributed by atoms with Crippen LogP contribution in [0.4, 0.5) is 13.2 Å². The summed E-state index contributed by atoms with van der Waals surface area (Å²) < 4.78 is 39.7. The van der Waals surface area contributed by atoms with E-state index < -0.39 is 36.0 Å². The van der Waals surface area contributed by atoms with Crippen molar-refractivity contribution in [3.05, 3.63) is 71.2 Å². The minimum Gasteiger partial charge on any atom is -0.394 e. The van der Waals surface area contributed by atoms with Crippen LogP contribution in [0.5, 0.6) is 0 Å². The second-order valence-electron chi connectivity index (χ2n) is 5.29. The van der Waals surface area contributed by atoms with Gasteiger partial charge in [-0.15, -0.1) is 0 Å². The lowest BCUT2D eigenvalue weighted by molar-refractivity contribution is 0.0916. The summed E-state index contributed by atoms with van der Waals surface area (Å²) in [6.07, 6.45) is 1.73. The average molecular weight is 334 g/mol. The minimum atomic E-state index is -1.60. The molecule has 0 aliphatic carbocycles. The predicted molar refractivity (Wildman–Crippen MR) is 81.9 cm³/mol. The molecule has 0 saturated carbocycles. The maximum absolute atomic E-state index is 13.3. The number of rotatable bonds is 4. The van der Waals surface area contributed by atoms with E-state index in [-0.39, 0.29) is 5.56 Å². The highest BCUT2D eigenvalue weighted by atomic mass is 19.2. The lowest BCUT2D eigenvalue weighted by Gasteiger charge is -2.17. The van der Waals surface area contributed by atoms with E-state index in [2.05, 4.69) is 10.3 Å². The molecule has 0 radical (unpaired) electrons. The van der Waals surface area contributed by atoms with Gasteiger partial charge in [0.1, 0.15) is 0 Å². The molecule has 7 heteroatoms. The van der Waals surface area contributed by atoms with Crippen LogP contribution in [0, 0.1) is 17.5 Å². The summed E-state index contributed by atoms with van der Waals surface area (Å²) in [6.45, 7) is -0.596. The summed E-state index contributed by atoms with van der Waals surface area (Å²) in [6, 6.07) is 7.21. The molecule has 0 spiro atoms. The van der Waals surface area contributed by atoms with Gasteiger partial charge in [-0.05, 0) is 41.3 Å². The number of hydrogen-bond donors (Lipinski definition) is 3. The highest BCUT2D eigenvalue weighted by Gasteiger charge is 2.19. The number of carbonyl (C=O) groups is 1. The Hall–Kier alpha value is -2.80. The maximum atomic E-state index is 13.3. The lowest BCUT2D eigenvalue weighted by Crippen LogP contribution is -2.31. The molecule has 1 aromatic heterocycles. The van der Waals surface area contributed by atoms with Gasteiger partial charge in [-0.3, -0.25) is 4.79 Å². The summed E-state index contributed by atoms with van der Waals surface area (Å²) in [5.41, 5.74) is 0.997. The normalized spacial score (nSPS) is 12.3. The largest absolute Gasteiger partial charge is 0.394 e. The van der Waals surface area contributed by atoms with Gasteiger partial charge in [-0.25, -0.2) is 13.2 Å². The highest BCUT2D eigenvalue weighted by molar-refractivity contribution is 5.98. The van der Waals surface area contributed by atoms with E-state index in [1.807, 2.05) is 6.07 Å². The van der Waals surface area contributed by atoms with Crippen molar-refractivity contribution in [1.29, 1.82) is 0 Å². The van der Waals surface area contributed by atoms with Crippen LogP contribution in [0.25, 0.3) is 10.9 Å². The predicted octanol–water partition coefficient (Wildman–Crippen LogP) is 3.05. The van der Waals surface area contributed by atoms with Crippen LogP contribution >= 0.6 is 0 Å². The first kappa shape index (κ1) is 16.1. The van der Waals surface area contributed by atoms with Gasteiger partial charge in [0.25, 0.3) is 5.91 Å². The first-order valence-electron chi connectivity index (χ1n) is 7.13. The number of fused-ring (bicyclic) bond motifs is 1. The van der Waals surface area contributed by atoms with Crippen LogP contribution in [0.15, 0.2) is 42.6 Å². The molecule has 0 fully saturated rings. The number of carbonyl (C=O) groups excluding carboxylic acids is 1. The SMILES string of the molecule is O=C(NC(CO)c1cc(F)c(F)c(F)c1)c1ccc2cc[nH]c2c1. The van der Waals surface area contributed by atoms with E-state index in [1.165, 1.54) is 0 Å². The minimum absolute atomic E-state index is 0.0665. The third kappa shape index (κ3) is 2.98. The fraction of sp³-hybridized carbons (Fsp3) is 0.118. The maximum Gasteiger partial charge on any atom is 0.251 e. The van der Waals surface area contributed by atoms with Crippen molar-refractivity contribution >= 4 is 16.8 Å². The number of aromatic amines is 1. The van der Waals surface area contributed by atoms with Gasteiger partial charge in [-0.1, -0.05) is 6.07 Å². The molecule has 4 nitrogen and oxygen atoms in total. The number of nitrogens with one attached hydrogen (secondary N) is 2. The van der Waals surface area contributed by atoms with Crippen LogP contribution in [-0.4, -0.2) is 22.6 Å². The van der Waals surface area contributed by atoms with Crippen LogP contribution in [0.2, 0.25) is 0 Å². The molecule has 1 heterocycles. The first-order valence-corrected chi connectivity index (χ1v) is 7.13. The molecule has 1 atom stereocenters. The summed E-state index contributed by atoms with van der Waals surface area (Å²) in [5, 5.41) is 12.8. The Labute approximate surface area is 134 Å². The molecule has 0 aliphatic heterocycles. The Morgan fingerprint density at radius 2 is 1.83 bits per heavy atom. The fourth-order valence-corrected chi connectivity index (χ4v) is 2.44. The van der Waals surface area contributed by atoms with E-state index in [1.54, 1.807) is 24.4 Å². The van der Waals surface area contributed by atoms with Crippen molar-refractivity contribution in [3.63, 3.8) is 0 Å². The Bertz CT molecular complexity index is 885. The molecule has 124 valence electrons. The number of aliphatic hydroxyl groups excluding tert-OH is 1. The molecule has 3 N–H and O–H groups in total. The molecule has 0 aliphatic rings. The van der Waals surface area contributed by atoms with E-state index in [4.69, 9.17) is 0 Å². The van der Waals surface area contributed by atoms with E-state index in [0.29, 0.717) is 5.56 Å². The molecule has 0 saturated heterocycles. The average Bonchev–Trinajstić information content (AvgIpc) is 3.04. The number of hydrogen-bond acceptors (Lipinski definition) is 2. The van der Waals surface area contributed by atoms with E-state index in [0.717, 1.165) is 23.0 Å². The Morgan fingerprint density at radius 3 is 2.50 bits per heavy atom. The Kier molecular flexibility index (Phi) is 4.26. The third-order valence-electron chi connectivity index (χ3n) is 3.71. The number of halogens is 3. The van der Waals surface area contributed by atoms with Crippen molar-refractivity contribution in [2.24, 2.45) is 0 Å². The number of aliphatic hydroxyl groups is 1. The van der Waals surface area contributed by atoms with Crippen molar-refractivity contribution in [1.82, 2.24) is 10.3 Å². The number of amides is 1. The second kappa shape index (κ2) is 6.37. The number of H-pyrrole nitrogens is 1. The molecule has 1 amide bonds. The van der Waals surface area contributed by atoms with Crippen molar-refractivity contribution in [2.75, 3.05) is 6.61 Å². The Morgan fingerprint density at radius 1 is 1.12 bits per heavy atom. The molecule has 3 rings (SSSR count). The summed E-state index contributed by atoms with van der Waals surface area (Å²) >= 11 is 0. The zero-order valence-corrected chi connectivity index (χ0v) is 12.3. The molecule has 2 aromatic carbocycles. The van der Waals surface area contributed by atoms with E-state index in [9.17, 15) is 23.1 Å². The molecule has 0 bridgehead atoms. The highest BCUT2D eigenvalue weighted by Crippen LogP contribution is 2.20. The monoisotopic (exact) mass is 334 g/mol. The quantitative estimate of drug-likeness (QED) is 0.642. The second-order valence-corrected chi connectivity index (χ2v) is 5.29. The van der Waals surface area contributed by atoms with Crippen LogP contribution in [-0.2, 0) is 0 Å². The van der Waals surface area contributed by atoms with Gasteiger partial charge in [0.15, 0.2) is 17.5 Å².